The third kappa shape index (κ3) is 3.98. The summed E-state index contributed by atoms with van der Waals surface area (Å²) in [7, 11) is 0. The van der Waals surface area contributed by atoms with Crippen LogP contribution in [-0.4, -0.2) is 39.1 Å². The molecule has 1 aliphatic rings. The van der Waals surface area contributed by atoms with Crippen LogP contribution < -0.4 is 0 Å². The summed E-state index contributed by atoms with van der Waals surface area (Å²) in [4.78, 5) is 18.8. The van der Waals surface area contributed by atoms with Gasteiger partial charge in [0, 0.05) is 24.6 Å². The quantitative estimate of drug-likeness (QED) is 0.486. The Balaban J connectivity index is 1.19. The normalized spacial score (nSPS) is 13.4. The van der Waals surface area contributed by atoms with Crippen LogP contribution >= 0.6 is 0 Å². The van der Waals surface area contributed by atoms with E-state index in [4.69, 9.17) is 9.68 Å². The van der Waals surface area contributed by atoms with Gasteiger partial charge in [0.25, 0.3) is 5.91 Å². The molecule has 1 saturated heterocycles. The maximum Gasteiger partial charge on any atom is 0.275 e. The largest absolute Gasteiger partial charge is 0.448 e. The summed E-state index contributed by atoms with van der Waals surface area (Å²) < 4.78 is 5.50. The summed E-state index contributed by atoms with van der Waals surface area (Å²) in [5.74, 6) is 0.561. The van der Waals surface area contributed by atoms with E-state index in [0.717, 1.165) is 22.5 Å². The van der Waals surface area contributed by atoms with E-state index < -0.39 is 0 Å². The van der Waals surface area contributed by atoms with Gasteiger partial charge in [-0.05, 0) is 29.8 Å². The first-order valence-electron chi connectivity index (χ1n) is 10.3. The first-order chi connectivity index (χ1) is 15.7. The number of oxazole rings is 1. The van der Waals surface area contributed by atoms with Gasteiger partial charge in [0.05, 0.1) is 29.4 Å². The molecule has 2 aromatic carbocycles. The molecule has 4 aromatic rings. The van der Waals surface area contributed by atoms with E-state index >= 15 is 0 Å². The molecule has 0 unspecified atom stereocenters. The highest BCUT2D eigenvalue weighted by atomic mass is 16.3. The molecule has 0 saturated carbocycles. The van der Waals surface area contributed by atoms with Gasteiger partial charge < -0.3 is 9.32 Å². The van der Waals surface area contributed by atoms with Crippen molar-refractivity contribution < 1.29 is 9.21 Å². The van der Waals surface area contributed by atoms with E-state index in [0.29, 0.717) is 36.7 Å². The maximum absolute atomic E-state index is 12.7. The van der Waals surface area contributed by atoms with Crippen molar-refractivity contribution in [1.29, 1.82) is 5.26 Å². The number of amides is 1. The topological polar surface area (TPSA) is 95.9 Å². The SMILES string of the molecule is N#Cc1ccc(C2CN(C(=O)c3coc(Cc4ccc(-c5ccccc5)nn4)n3)C2)cc1. The average molecular weight is 421 g/mol. The lowest BCUT2D eigenvalue weighted by Crippen LogP contribution is -2.48. The zero-order chi connectivity index (χ0) is 21.9. The van der Waals surface area contributed by atoms with Gasteiger partial charge in [-0.25, -0.2) is 4.98 Å². The van der Waals surface area contributed by atoms with E-state index in [2.05, 4.69) is 21.3 Å². The van der Waals surface area contributed by atoms with Gasteiger partial charge >= 0.3 is 0 Å². The predicted octanol–water partition coefficient (Wildman–Crippen LogP) is 3.83. The Morgan fingerprint density at radius 3 is 2.50 bits per heavy atom. The molecule has 1 amide bonds. The number of hydrogen-bond donors (Lipinski definition) is 0. The highest BCUT2D eigenvalue weighted by Crippen LogP contribution is 2.28. The number of nitriles is 1. The molecule has 32 heavy (non-hydrogen) atoms. The second kappa shape index (κ2) is 8.44. The fourth-order valence-corrected chi connectivity index (χ4v) is 3.71. The lowest BCUT2D eigenvalue weighted by Gasteiger charge is -2.39. The molecule has 3 heterocycles. The van der Waals surface area contributed by atoms with Gasteiger partial charge in [0.2, 0.25) is 5.89 Å². The van der Waals surface area contributed by atoms with Crippen LogP contribution in [0, 0.1) is 11.3 Å². The molecule has 0 radical (unpaired) electrons. The van der Waals surface area contributed by atoms with Crippen molar-refractivity contribution in [3.05, 3.63) is 101 Å². The number of likely N-dealkylation sites (tertiary alicyclic amines) is 1. The number of rotatable bonds is 5. The molecule has 5 rings (SSSR count). The lowest BCUT2D eigenvalue weighted by atomic mass is 9.91. The van der Waals surface area contributed by atoms with Crippen LogP contribution in [0.4, 0.5) is 0 Å². The van der Waals surface area contributed by atoms with Gasteiger partial charge in [-0.3, -0.25) is 4.79 Å². The zero-order valence-corrected chi connectivity index (χ0v) is 17.2. The van der Waals surface area contributed by atoms with E-state index in [1.165, 1.54) is 6.26 Å². The molecule has 0 aliphatic carbocycles. The highest BCUT2D eigenvalue weighted by molar-refractivity contribution is 5.92. The molecule has 156 valence electrons. The highest BCUT2D eigenvalue weighted by Gasteiger charge is 2.33. The summed E-state index contributed by atoms with van der Waals surface area (Å²) in [6, 6.07) is 23.3. The fourth-order valence-electron chi connectivity index (χ4n) is 3.71. The van der Waals surface area contributed by atoms with Crippen molar-refractivity contribution in [1.82, 2.24) is 20.1 Å². The fraction of sp³-hybridized carbons (Fsp3) is 0.160. The molecule has 0 N–H and O–H groups in total. The molecular weight excluding hydrogens is 402 g/mol. The third-order valence-electron chi connectivity index (χ3n) is 5.57. The average Bonchev–Trinajstić information content (AvgIpc) is 3.28. The molecule has 7 heteroatoms. The van der Waals surface area contributed by atoms with Gasteiger partial charge in [-0.2, -0.15) is 15.5 Å². The van der Waals surface area contributed by atoms with Crippen LogP contribution in [0.25, 0.3) is 11.3 Å². The summed E-state index contributed by atoms with van der Waals surface area (Å²) in [6.07, 6.45) is 1.77. The van der Waals surface area contributed by atoms with Crippen molar-refractivity contribution in [3.63, 3.8) is 0 Å². The number of carbonyl (C=O) groups is 1. The van der Waals surface area contributed by atoms with E-state index in [-0.39, 0.29) is 11.8 Å². The van der Waals surface area contributed by atoms with E-state index in [1.54, 1.807) is 17.0 Å². The van der Waals surface area contributed by atoms with E-state index in [1.807, 2.05) is 54.6 Å². The van der Waals surface area contributed by atoms with Crippen molar-refractivity contribution in [2.75, 3.05) is 13.1 Å². The molecule has 0 atom stereocenters. The van der Waals surface area contributed by atoms with Gasteiger partial charge in [0.1, 0.15) is 6.26 Å². The second-order valence-electron chi connectivity index (χ2n) is 7.72. The standard InChI is InChI=1S/C25H19N5O2/c26-13-17-6-8-18(9-7-17)20-14-30(15-20)25(31)23-16-32-24(27-23)12-21-10-11-22(29-28-21)19-4-2-1-3-5-19/h1-11,16,20H,12,14-15H2. The van der Waals surface area contributed by atoms with Crippen molar-refractivity contribution in [2.24, 2.45) is 0 Å². The minimum Gasteiger partial charge on any atom is -0.448 e. The Morgan fingerprint density at radius 2 is 1.81 bits per heavy atom. The first kappa shape index (κ1) is 19.6. The number of hydrogen-bond acceptors (Lipinski definition) is 6. The van der Waals surface area contributed by atoms with Crippen molar-refractivity contribution >= 4 is 5.91 Å². The van der Waals surface area contributed by atoms with Gasteiger partial charge in [-0.1, -0.05) is 42.5 Å². The Morgan fingerprint density at radius 1 is 1.03 bits per heavy atom. The predicted molar refractivity (Wildman–Crippen MR) is 117 cm³/mol. The van der Waals surface area contributed by atoms with Crippen LogP contribution in [0.15, 0.2) is 77.4 Å². The van der Waals surface area contributed by atoms with Crippen molar-refractivity contribution in [3.8, 4) is 17.3 Å². The molecule has 1 aliphatic heterocycles. The summed E-state index contributed by atoms with van der Waals surface area (Å²) in [5.41, 5.74) is 4.58. The van der Waals surface area contributed by atoms with Crippen LogP contribution in [0.3, 0.4) is 0 Å². The van der Waals surface area contributed by atoms with Gasteiger partial charge in [-0.15, -0.1) is 0 Å². The molecule has 1 fully saturated rings. The Kier molecular flexibility index (Phi) is 5.18. The number of benzene rings is 2. The molecular formula is C25H19N5O2. The number of nitrogens with zero attached hydrogens (tertiary/aromatic N) is 5. The molecule has 7 nitrogen and oxygen atoms in total. The minimum absolute atomic E-state index is 0.143. The maximum atomic E-state index is 12.7. The molecule has 2 aromatic heterocycles. The Hall–Kier alpha value is -4.31. The molecule has 0 spiro atoms. The van der Waals surface area contributed by atoms with Crippen LogP contribution in [0.1, 0.15) is 39.1 Å². The summed E-state index contributed by atoms with van der Waals surface area (Å²) in [6.45, 7) is 1.25. The van der Waals surface area contributed by atoms with Gasteiger partial charge in [0.15, 0.2) is 5.69 Å². The molecule has 0 bridgehead atoms. The smallest absolute Gasteiger partial charge is 0.275 e. The van der Waals surface area contributed by atoms with Crippen LogP contribution in [-0.2, 0) is 6.42 Å². The summed E-state index contributed by atoms with van der Waals surface area (Å²) >= 11 is 0. The minimum atomic E-state index is -0.143. The Labute approximate surface area is 185 Å². The first-order valence-corrected chi connectivity index (χ1v) is 10.3. The summed E-state index contributed by atoms with van der Waals surface area (Å²) in [5, 5.41) is 17.4. The second-order valence-corrected chi connectivity index (χ2v) is 7.72. The number of aromatic nitrogens is 3. The zero-order valence-electron chi connectivity index (χ0n) is 17.2. The van der Waals surface area contributed by atoms with Crippen LogP contribution in [0.2, 0.25) is 0 Å². The number of carbonyl (C=O) groups excluding carboxylic acids is 1. The third-order valence-corrected chi connectivity index (χ3v) is 5.57. The van der Waals surface area contributed by atoms with Crippen LogP contribution in [0.5, 0.6) is 0 Å². The lowest BCUT2D eigenvalue weighted by molar-refractivity contribution is 0.0596. The Bertz CT molecular complexity index is 1270. The monoisotopic (exact) mass is 421 g/mol. The van der Waals surface area contributed by atoms with Crippen molar-refractivity contribution in [2.45, 2.75) is 12.3 Å². The van der Waals surface area contributed by atoms with E-state index in [9.17, 15) is 4.79 Å².